The standard InChI is InChI=1S/C16H25N3S.HI/c1-4-10-20-11-9-18-16(17-5-2)19-13-15-8-6-7-14(3)12-15;/h4,6-8,12H,1,5,9-11,13H2,2-3H3,(H2,17,18,19);1H. The Hall–Kier alpha value is -0.690. The van der Waals surface area contributed by atoms with Gasteiger partial charge in [-0.15, -0.1) is 30.6 Å². The molecule has 0 saturated heterocycles. The molecular weight excluding hydrogens is 393 g/mol. The zero-order chi connectivity index (χ0) is 14.6. The summed E-state index contributed by atoms with van der Waals surface area (Å²) in [5.41, 5.74) is 2.51. The molecule has 0 aliphatic heterocycles. The van der Waals surface area contributed by atoms with Gasteiger partial charge in [-0.2, -0.15) is 11.8 Å². The zero-order valence-electron chi connectivity index (χ0n) is 12.9. The number of halogens is 1. The van der Waals surface area contributed by atoms with Crippen LogP contribution >= 0.6 is 35.7 Å². The Morgan fingerprint density at radius 2 is 2.19 bits per heavy atom. The van der Waals surface area contributed by atoms with Crippen LogP contribution < -0.4 is 10.6 Å². The molecule has 1 aromatic carbocycles. The minimum Gasteiger partial charge on any atom is -0.357 e. The summed E-state index contributed by atoms with van der Waals surface area (Å²) < 4.78 is 0. The molecule has 1 aromatic rings. The fourth-order valence-electron chi connectivity index (χ4n) is 1.73. The fraction of sp³-hybridized carbons (Fsp3) is 0.438. The van der Waals surface area contributed by atoms with Gasteiger partial charge in [0, 0.05) is 24.6 Å². The molecule has 0 aliphatic carbocycles. The van der Waals surface area contributed by atoms with Crippen LogP contribution in [0.1, 0.15) is 18.1 Å². The number of aliphatic imine (C=N–C) groups is 1. The highest BCUT2D eigenvalue weighted by molar-refractivity contribution is 14.0. The topological polar surface area (TPSA) is 36.4 Å². The lowest BCUT2D eigenvalue weighted by Gasteiger charge is -2.11. The molecule has 0 unspecified atom stereocenters. The molecule has 0 aromatic heterocycles. The summed E-state index contributed by atoms with van der Waals surface area (Å²) >= 11 is 1.87. The van der Waals surface area contributed by atoms with Gasteiger partial charge in [0.25, 0.3) is 0 Å². The summed E-state index contributed by atoms with van der Waals surface area (Å²) in [6, 6.07) is 8.47. The minimum absolute atomic E-state index is 0. The van der Waals surface area contributed by atoms with E-state index in [4.69, 9.17) is 0 Å². The molecule has 1 rings (SSSR count). The molecule has 2 N–H and O–H groups in total. The van der Waals surface area contributed by atoms with E-state index in [1.165, 1.54) is 11.1 Å². The van der Waals surface area contributed by atoms with Crippen molar-refractivity contribution in [2.45, 2.75) is 20.4 Å². The Bertz CT molecular complexity index is 435. The maximum absolute atomic E-state index is 4.61. The fourth-order valence-corrected chi connectivity index (χ4v) is 2.31. The van der Waals surface area contributed by atoms with Crippen molar-refractivity contribution in [1.82, 2.24) is 10.6 Å². The van der Waals surface area contributed by atoms with Crippen molar-refractivity contribution in [2.75, 3.05) is 24.6 Å². The lowest BCUT2D eigenvalue weighted by atomic mass is 10.1. The van der Waals surface area contributed by atoms with Crippen LogP contribution in [0.25, 0.3) is 0 Å². The molecule has 118 valence electrons. The molecule has 0 fully saturated rings. The maximum Gasteiger partial charge on any atom is 0.191 e. The van der Waals surface area contributed by atoms with Crippen molar-refractivity contribution in [1.29, 1.82) is 0 Å². The van der Waals surface area contributed by atoms with Crippen molar-refractivity contribution < 1.29 is 0 Å². The summed E-state index contributed by atoms with van der Waals surface area (Å²) in [4.78, 5) is 4.61. The van der Waals surface area contributed by atoms with Crippen molar-refractivity contribution in [3.05, 3.63) is 48.0 Å². The summed E-state index contributed by atoms with van der Waals surface area (Å²) in [7, 11) is 0. The number of rotatable bonds is 8. The molecule has 0 aliphatic rings. The van der Waals surface area contributed by atoms with Gasteiger partial charge in [-0.3, -0.25) is 0 Å². The van der Waals surface area contributed by atoms with Crippen LogP contribution in [0.3, 0.4) is 0 Å². The first kappa shape index (κ1) is 20.3. The van der Waals surface area contributed by atoms with Gasteiger partial charge in [-0.1, -0.05) is 35.9 Å². The third-order valence-corrected chi connectivity index (χ3v) is 3.59. The van der Waals surface area contributed by atoms with Gasteiger partial charge in [0.05, 0.1) is 6.54 Å². The largest absolute Gasteiger partial charge is 0.357 e. The third-order valence-electron chi connectivity index (χ3n) is 2.62. The molecule has 0 radical (unpaired) electrons. The predicted molar refractivity (Wildman–Crippen MR) is 107 cm³/mol. The smallest absolute Gasteiger partial charge is 0.191 e. The average molecular weight is 419 g/mol. The van der Waals surface area contributed by atoms with E-state index in [9.17, 15) is 0 Å². The van der Waals surface area contributed by atoms with E-state index >= 15 is 0 Å². The van der Waals surface area contributed by atoms with Crippen molar-refractivity contribution in [3.8, 4) is 0 Å². The molecule has 21 heavy (non-hydrogen) atoms. The Kier molecular flexibility index (Phi) is 12.6. The third kappa shape index (κ3) is 9.79. The molecule has 3 nitrogen and oxygen atoms in total. The summed E-state index contributed by atoms with van der Waals surface area (Å²) in [5.74, 6) is 2.94. The second kappa shape index (κ2) is 13.0. The second-order valence-corrected chi connectivity index (χ2v) is 5.62. The summed E-state index contributed by atoms with van der Waals surface area (Å²) in [5, 5.41) is 6.62. The molecule has 0 amide bonds. The number of guanidine groups is 1. The van der Waals surface area contributed by atoms with E-state index in [0.717, 1.165) is 30.6 Å². The number of hydrogen-bond acceptors (Lipinski definition) is 2. The number of hydrogen-bond donors (Lipinski definition) is 2. The quantitative estimate of drug-likeness (QED) is 0.222. The van der Waals surface area contributed by atoms with Crippen molar-refractivity contribution in [2.24, 2.45) is 4.99 Å². The first-order valence-electron chi connectivity index (χ1n) is 7.02. The molecule has 0 bridgehead atoms. The van der Waals surface area contributed by atoms with E-state index in [0.29, 0.717) is 6.54 Å². The summed E-state index contributed by atoms with van der Waals surface area (Å²) in [6.07, 6.45) is 1.93. The molecule has 0 atom stereocenters. The van der Waals surface area contributed by atoms with Gasteiger partial charge in [0.1, 0.15) is 0 Å². The van der Waals surface area contributed by atoms with Gasteiger partial charge >= 0.3 is 0 Å². The first-order valence-corrected chi connectivity index (χ1v) is 8.18. The average Bonchev–Trinajstić information content (AvgIpc) is 2.44. The van der Waals surface area contributed by atoms with Gasteiger partial charge in [-0.25, -0.2) is 4.99 Å². The Balaban J connectivity index is 0.00000400. The number of thioether (sulfide) groups is 1. The van der Waals surface area contributed by atoms with Crippen molar-refractivity contribution in [3.63, 3.8) is 0 Å². The lowest BCUT2D eigenvalue weighted by Crippen LogP contribution is -2.38. The SMILES string of the molecule is C=CCSCCNC(=NCc1cccc(C)c1)NCC.I. The van der Waals surface area contributed by atoms with E-state index in [1.54, 1.807) is 0 Å². The second-order valence-electron chi connectivity index (χ2n) is 4.47. The van der Waals surface area contributed by atoms with Gasteiger partial charge in [-0.05, 0) is 19.4 Å². The molecule has 0 spiro atoms. The molecular formula is C16H26IN3S. The molecule has 5 heteroatoms. The van der Waals surface area contributed by atoms with Crippen LogP contribution in [0, 0.1) is 6.92 Å². The number of benzene rings is 1. The number of aryl methyl sites for hydroxylation is 1. The molecule has 0 heterocycles. The predicted octanol–water partition coefficient (Wildman–Crippen LogP) is 3.59. The van der Waals surface area contributed by atoms with Crippen molar-refractivity contribution >= 4 is 41.7 Å². The highest BCUT2D eigenvalue weighted by Gasteiger charge is 1.97. The van der Waals surface area contributed by atoms with E-state index < -0.39 is 0 Å². The van der Waals surface area contributed by atoms with Crippen LogP contribution in [0.2, 0.25) is 0 Å². The highest BCUT2D eigenvalue weighted by atomic mass is 127. The Morgan fingerprint density at radius 3 is 2.86 bits per heavy atom. The summed E-state index contributed by atoms with van der Waals surface area (Å²) in [6.45, 7) is 10.4. The van der Waals surface area contributed by atoms with Crippen LogP contribution in [0.15, 0.2) is 41.9 Å². The van der Waals surface area contributed by atoms with Gasteiger partial charge in [0.15, 0.2) is 5.96 Å². The van der Waals surface area contributed by atoms with Crippen LogP contribution in [-0.2, 0) is 6.54 Å². The Morgan fingerprint density at radius 1 is 1.38 bits per heavy atom. The highest BCUT2D eigenvalue weighted by Crippen LogP contribution is 2.05. The lowest BCUT2D eigenvalue weighted by molar-refractivity contribution is 0.843. The molecule has 0 saturated carbocycles. The Labute approximate surface area is 150 Å². The van der Waals surface area contributed by atoms with Crippen LogP contribution in [0.5, 0.6) is 0 Å². The number of nitrogens with zero attached hydrogens (tertiary/aromatic N) is 1. The van der Waals surface area contributed by atoms with E-state index in [2.05, 4.69) is 60.3 Å². The zero-order valence-corrected chi connectivity index (χ0v) is 16.0. The number of nitrogens with one attached hydrogen (secondary N) is 2. The van der Waals surface area contributed by atoms with E-state index in [-0.39, 0.29) is 24.0 Å². The van der Waals surface area contributed by atoms with Crippen LogP contribution in [0.4, 0.5) is 0 Å². The normalized spacial score (nSPS) is 10.7. The minimum atomic E-state index is 0. The van der Waals surface area contributed by atoms with Crippen LogP contribution in [-0.4, -0.2) is 30.6 Å². The van der Waals surface area contributed by atoms with Gasteiger partial charge < -0.3 is 10.6 Å². The monoisotopic (exact) mass is 419 g/mol. The maximum atomic E-state index is 4.61. The van der Waals surface area contributed by atoms with Gasteiger partial charge in [0.2, 0.25) is 0 Å². The first-order chi connectivity index (χ1) is 9.76. The van der Waals surface area contributed by atoms with E-state index in [1.807, 2.05) is 17.8 Å².